The average Bonchev–Trinajstić information content (AvgIpc) is 2.73. The van der Waals surface area contributed by atoms with Crippen molar-refractivity contribution >= 4 is 17.4 Å². The van der Waals surface area contributed by atoms with Crippen molar-refractivity contribution in [1.82, 2.24) is 4.98 Å². The quantitative estimate of drug-likeness (QED) is 0.874. The van der Waals surface area contributed by atoms with E-state index in [0.717, 1.165) is 10.7 Å². The van der Waals surface area contributed by atoms with E-state index in [9.17, 15) is 0 Å². The molecule has 0 saturated heterocycles. The zero-order valence-corrected chi connectivity index (χ0v) is 10.7. The van der Waals surface area contributed by atoms with E-state index in [1.54, 1.807) is 11.3 Å². The van der Waals surface area contributed by atoms with Gasteiger partial charge in [0.15, 0.2) is 0 Å². The summed E-state index contributed by atoms with van der Waals surface area (Å²) >= 11 is 1.71. The van der Waals surface area contributed by atoms with Crippen molar-refractivity contribution < 1.29 is 0 Å². The summed E-state index contributed by atoms with van der Waals surface area (Å²) in [6, 6.07) is 0. The Morgan fingerprint density at radius 2 is 2.25 bits per heavy atom. The highest BCUT2D eigenvalue weighted by molar-refractivity contribution is 7.09. The van der Waals surface area contributed by atoms with E-state index < -0.39 is 0 Å². The molecule has 2 rings (SSSR count). The Bertz CT molecular complexity index is 362. The molecule has 1 aliphatic carbocycles. The summed E-state index contributed by atoms with van der Waals surface area (Å²) in [6.45, 7) is 2.73. The molecule has 16 heavy (non-hydrogen) atoms. The standard InChI is InChI=1S/C13H20N2S/c1-10-15-13(9-16-10)7-12(8-14)11-5-3-2-4-6-11/h7,9,11H,2-6,8,14H2,1H3. The van der Waals surface area contributed by atoms with E-state index in [0.29, 0.717) is 12.5 Å². The zero-order chi connectivity index (χ0) is 11.4. The lowest BCUT2D eigenvalue weighted by atomic mass is 9.83. The molecule has 0 spiro atoms. The summed E-state index contributed by atoms with van der Waals surface area (Å²) in [4.78, 5) is 4.48. The first-order chi connectivity index (χ1) is 7.79. The van der Waals surface area contributed by atoms with Gasteiger partial charge in [-0.05, 0) is 31.8 Å². The molecule has 0 aliphatic heterocycles. The summed E-state index contributed by atoms with van der Waals surface area (Å²) in [7, 11) is 0. The Hall–Kier alpha value is -0.670. The molecule has 2 N–H and O–H groups in total. The topological polar surface area (TPSA) is 38.9 Å². The Balaban J connectivity index is 2.11. The van der Waals surface area contributed by atoms with Gasteiger partial charge in [-0.3, -0.25) is 0 Å². The minimum absolute atomic E-state index is 0.682. The highest BCUT2D eigenvalue weighted by Crippen LogP contribution is 2.30. The molecule has 0 amide bonds. The van der Waals surface area contributed by atoms with Gasteiger partial charge in [-0.25, -0.2) is 4.98 Å². The maximum absolute atomic E-state index is 5.87. The molecule has 2 nitrogen and oxygen atoms in total. The van der Waals surface area contributed by atoms with Gasteiger partial charge in [0, 0.05) is 11.9 Å². The van der Waals surface area contributed by atoms with Crippen LogP contribution in [0, 0.1) is 12.8 Å². The first-order valence-corrected chi connectivity index (χ1v) is 7.00. The number of aromatic nitrogens is 1. The summed E-state index contributed by atoms with van der Waals surface area (Å²) in [5.41, 5.74) is 8.35. The molecule has 0 atom stereocenters. The fraction of sp³-hybridized carbons (Fsp3) is 0.615. The number of rotatable bonds is 3. The third-order valence-electron chi connectivity index (χ3n) is 3.34. The molecular formula is C13H20N2S. The third kappa shape index (κ3) is 2.92. The highest BCUT2D eigenvalue weighted by atomic mass is 32.1. The predicted octanol–water partition coefficient (Wildman–Crippen LogP) is 3.37. The first kappa shape index (κ1) is 11.8. The van der Waals surface area contributed by atoms with Crippen LogP contribution in [0.1, 0.15) is 42.8 Å². The van der Waals surface area contributed by atoms with Crippen molar-refractivity contribution in [3.05, 3.63) is 21.7 Å². The van der Waals surface area contributed by atoms with Gasteiger partial charge < -0.3 is 5.73 Å². The number of nitrogens with zero attached hydrogens (tertiary/aromatic N) is 1. The maximum Gasteiger partial charge on any atom is 0.0901 e. The number of aryl methyl sites for hydroxylation is 1. The SMILES string of the molecule is Cc1nc(C=C(CN)C2CCCCC2)cs1. The minimum Gasteiger partial charge on any atom is -0.327 e. The monoisotopic (exact) mass is 236 g/mol. The van der Waals surface area contributed by atoms with Crippen molar-refractivity contribution in [3.63, 3.8) is 0 Å². The van der Waals surface area contributed by atoms with Gasteiger partial charge in [-0.2, -0.15) is 0 Å². The van der Waals surface area contributed by atoms with Crippen molar-refractivity contribution in [1.29, 1.82) is 0 Å². The molecule has 0 radical (unpaired) electrons. The molecule has 3 heteroatoms. The lowest BCUT2D eigenvalue weighted by Crippen LogP contribution is -2.16. The van der Waals surface area contributed by atoms with Crippen LogP contribution in [-0.4, -0.2) is 11.5 Å². The largest absolute Gasteiger partial charge is 0.327 e. The first-order valence-electron chi connectivity index (χ1n) is 6.12. The Labute approximate surface area is 102 Å². The fourth-order valence-electron chi connectivity index (χ4n) is 2.45. The van der Waals surface area contributed by atoms with Gasteiger partial charge in [0.25, 0.3) is 0 Å². The van der Waals surface area contributed by atoms with Gasteiger partial charge in [0.1, 0.15) is 0 Å². The molecule has 0 bridgehead atoms. The van der Waals surface area contributed by atoms with E-state index in [1.807, 2.05) is 6.92 Å². The molecule has 1 aliphatic rings. The average molecular weight is 236 g/mol. The normalized spacial score (nSPS) is 19.0. The van der Waals surface area contributed by atoms with E-state index >= 15 is 0 Å². The van der Waals surface area contributed by atoms with Crippen molar-refractivity contribution in [2.75, 3.05) is 6.54 Å². The minimum atomic E-state index is 0.682. The van der Waals surface area contributed by atoms with Crippen LogP contribution in [0.3, 0.4) is 0 Å². The predicted molar refractivity (Wildman–Crippen MR) is 70.5 cm³/mol. The van der Waals surface area contributed by atoms with Crippen LogP contribution >= 0.6 is 11.3 Å². The van der Waals surface area contributed by atoms with Gasteiger partial charge in [0.2, 0.25) is 0 Å². The van der Waals surface area contributed by atoms with E-state index in [4.69, 9.17) is 5.73 Å². The summed E-state index contributed by atoms with van der Waals surface area (Å²) in [6.07, 6.45) is 8.94. The summed E-state index contributed by atoms with van der Waals surface area (Å²) in [5, 5.41) is 3.25. The number of hydrogen-bond acceptors (Lipinski definition) is 3. The molecular weight excluding hydrogens is 216 g/mol. The Kier molecular flexibility index (Phi) is 4.13. The molecule has 88 valence electrons. The van der Waals surface area contributed by atoms with E-state index in [1.165, 1.54) is 37.7 Å². The smallest absolute Gasteiger partial charge is 0.0901 e. The third-order valence-corrected chi connectivity index (χ3v) is 4.13. The van der Waals surface area contributed by atoms with Crippen LogP contribution in [0.5, 0.6) is 0 Å². The number of thiazole rings is 1. The maximum atomic E-state index is 5.87. The van der Waals surface area contributed by atoms with Gasteiger partial charge in [-0.15, -0.1) is 11.3 Å². The molecule has 1 fully saturated rings. The molecule has 1 saturated carbocycles. The molecule has 1 aromatic rings. The molecule has 0 aromatic carbocycles. The van der Waals surface area contributed by atoms with Crippen LogP contribution in [0.4, 0.5) is 0 Å². The van der Waals surface area contributed by atoms with Crippen LogP contribution < -0.4 is 5.73 Å². The van der Waals surface area contributed by atoms with Crippen LogP contribution in [-0.2, 0) is 0 Å². The lowest BCUT2D eigenvalue weighted by Gasteiger charge is -2.23. The number of hydrogen-bond donors (Lipinski definition) is 1. The summed E-state index contributed by atoms with van der Waals surface area (Å²) in [5.74, 6) is 0.709. The van der Waals surface area contributed by atoms with Crippen LogP contribution in [0.15, 0.2) is 11.0 Å². The zero-order valence-electron chi connectivity index (χ0n) is 9.91. The molecule has 1 heterocycles. The van der Waals surface area contributed by atoms with Crippen molar-refractivity contribution in [2.45, 2.75) is 39.0 Å². The Morgan fingerprint density at radius 1 is 1.50 bits per heavy atom. The van der Waals surface area contributed by atoms with Gasteiger partial charge in [0.05, 0.1) is 10.7 Å². The molecule has 0 unspecified atom stereocenters. The fourth-order valence-corrected chi connectivity index (χ4v) is 3.02. The number of nitrogens with two attached hydrogens (primary N) is 1. The molecule has 1 aromatic heterocycles. The van der Waals surface area contributed by atoms with E-state index in [2.05, 4.69) is 16.4 Å². The van der Waals surface area contributed by atoms with Crippen LogP contribution in [0.25, 0.3) is 6.08 Å². The van der Waals surface area contributed by atoms with Crippen LogP contribution in [0.2, 0.25) is 0 Å². The Morgan fingerprint density at radius 3 is 2.81 bits per heavy atom. The second-order valence-electron chi connectivity index (χ2n) is 4.55. The van der Waals surface area contributed by atoms with E-state index in [-0.39, 0.29) is 0 Å². The second-order valence-corrected chi connectivity index (χ2v) is 5.61. The highest BCUT2D eigenvalue weighted by Gasteiger charge is 2.16. The summed E-state index contributed by atoms with van der Waals surface area (Å²) < 4.78 is 0. The van der Waals surface area contributed by atoms with Gasteiger partial charge >= 0.3 is 0 Å². The van der Waals surface area contributed by atoms with Crippen molar-refractivity contribution in [3.8, 4) is 0 Å². The second kappa shape index (κ2) is 5.60. The van der Waals surface area contributed by atoms with Gasteiger partial charge in [-0.1, -0.05) is 24.8 Å². The van der Waals surface area contributed by atoms with Crippen molar-refractivity contribution in [2.24, 2.45) is 11.7 Å². The lowest BCUT2D eigenvalue weighted by molar-refractivity contribution is 0.401.